The summed E-state index contributed by atoms with van der Waals surface area (Å²) in [6, 6.07) is 4.70. The van der Waals surface area contributed by atoms with Gasteiger partial charge in [-0.25, -0.2) is 14.1 Å². The first-order chi connectivity index (χ1) is 8.99. The molecular weight excluding hydrogens is 313 g/mol. The lowest BCUT2D eigenvalue weighted by molar-refractivity contribution is 0.620. The lowest BCUT2D eigenvalue weighted by Crippen LogP contribution is -2.05. The second-order valence-corrected chi connectivity index (χ2v) is 5.14. The minimum absolute atomic E-state index is 0.320. The summed E-state index contributed by atoms with van der Waals surface area (Å²) in [4.78, 5) is 4.31. The molecular formula is C12H11BrFN5. The Morgan fingerprint density at radius 3 is 2.79 bits per heavy atom. The van der Waals surface area contributed by atoms with Crippen molar-refractivity contribution in [1.82, 2.24) is 19.3 Å². The molecule has 19 heavy (non-hydrogen) atoms. The van der Waals surface area contributed by atoms with Crippen LogP contribution in [0.2, 0.25) is 0 Å². The SMILES string of the molecule is Cc1nn(C)c2c1nc(N)n2-c1ccc(F)c(Br)c1. The van der Waals surface area contributed by atoms with Gasteiger partial charge in [0.2, 0.25) is 5.95 Å². The van der Waals surface area contributed by atoms with Crippen molar-refractivity contribution in [3.8, 4) is 5.69 Å². The van der Waals surface area contributed by atoms with E-state index >= 15 is 0 Å². The highest BCUT2D eigenvalue weighted by atomic mass is 79.9. The zero-order chi connectivity index (χ0) is 13.7. The van der Waals surface area contributed by atoms with Crippen LogP contribution in [0.3, 0.4) is 0 Å². The van der Waals surface area contributed by atoms with E-state index in [9.17, 15) is 4.39 Å². The maximum absolute atomic E-state index is 13.3. The first-order valence-electron chi connectivity index (χ1n) is 5.62. The number of aryl methyl sites for hydroxylation is 2. The van der Waals surface area contributed by atoms with E-state index in [4.69, 9.17) is 5.73 Å². The Bertz CT molecular complexity index is 789. The van der Waals surface area contributed by atoms with Crippen LogP contribution < -0.4 is 5.73 Å². The maximum atomic E-state index is 13.3. The minimum atomic E-state index is -0.320. The molecule has 7 heteroatoms. The fraction of sp³-hybridized carbons (Fsp3) is 0.167. The van der Waals surface area contributed by atoms with Gasteiger partial charge in [-0.1, -0.05) is 0 Å². The molecule has 2 heterocycles. The number of nitrogen functional groups attached to an aromatic ring is 1. The summed E-state index contributed by atoms with van der Waals surface area (Å²) in [5, 5.41) is 4.31. The van der Waals surface area contributed by atoms with Crippen LogP contribution in [0, 0.1) is 12.7 Å². The third kappa shape index (κ3) is 1.73. The lowest BCUT2D eigenvalue weighted by atomic mass is 10.3. The Balaban J connectivity index is 2.35. The van der Waals surface area contributed by atoms with Crippen molar-refractivity contribution >= 4 is 33.0 Å². The monoisotopic (exact) mass is 323 g/mol. The lowest BCUT2D eigenvalue weighted by Gasteiger charge is -2.07. The van der Waals surface area contributed by atoms with Crippen molar-refractivity contribution in [2.24, 2.45) is 7.05 Å². The fourth-order valence-corrected chi connectivity index (χ4v) is 2.53. The second-order valence-electron chi connectivity index (χ2n) is 4.29. The molecule has 0 bridgehead atoms. The third-order valence-corrected chi connectivity index (χ3v) is 3.60. The molecule has 0 atom stereocenters. The van der Waals surface area contributed by atoms with E-state index < -0.39 is 0 Å². The van der Waals surface area contributed by atoms with Gasteiger partial charge in [0.05, 0.1) is 15.9 Å². The number of anilines is 1. The van der Waals surface area contributed by atoms with Crippen LogP contribution in [0.5, 0.6) is 0 Å². The molecule has 5 nitrogen and oxygen atoms in total. The van der Waals surface area contributed by atoms with Gasteiger partial charge in [-0.2, -0.15) is 5.10 Å². The highest BCUT2D eigenvalue weighted by molar-refractivity contribution is 9.10. The number of hydrogen-bond donors (Lipinski definition) is 1. The summed E-state index contributed by atoms with van der Waals surface area (Å²) in [7, 11) is 1.82. The Morgan fingerprint density at radius 2 is 2.11 bits per heavy atom. The van der Waals surface area contributed by atoms with Crippen LogP contribution >= 0.6 is 15.9 Å². The van der Waals surface area contributed by atoms with E-state index in [0.717, 1.165) is 22.5 Å². The zero-order valence-corrected chi connectivity index (χ0v) is 11.9. The zero-order valence-electron chi connectivity index (χ0n) is 10.4. The van der Waals surface area contributed by atoms with Crippen LogP contribution in [0.15, 0.2) is 22.7 Å². The van der Waals surface area contributed by atoms with Crippen LogP contribution in [0.1, 0.15) is 5.69 Å². The maximum Gasteiger partial charge on any atom is 0.207 e. The normalized spacial score (nSPS) is 11.4. The van der Waals surface area contributed by atoms with Crippen molar-refractivity contribution < 1.29 is 4.39 Å². The number of nitrogens with two attached hydrogens (primary N) is 1. The summed E-state index contributed by atoms with van der Waals surface area (Å²) in [6.07, 6.45) is 0. The summed E-state index contributed by atoms with van der Waals surface area (Å²) < 4.78 is 17.2. The summed E-state index contributed by atoms with van der Waals surface area (Å²) in [5.41, 5.74) is 9.04. The van der Waals surface area contributed by atoms with Gasteiger partial charge in [-0.05, 0) is 41.1 Å². The number of rotatable bonds is 1. The molecule has 0 saturated carbocycles. The van der Waals surface area contributed by atoms with Gasteiger partial charge in [0, 0.05) is 7.05 Å². The molecule has 2 aromatic heterocycles. The predicted molar refractivity (Wildman–Crippen MR) is 74.6 cm³/mol. The van der Waals surface area contributed by atoms with Crippen LogP contribution in [0.4, 0.5) is 10.3 Å². The predicted octanol–water partition coefficient (Wildman–Crippen LogP) is 2.55. The molecule has 0 saturated heterocycles. The van der Waals surface area contributed by atoms with Gasteiger partial charge in [0.15, 0.2) is 5.65 Å². The van der Waals surface area contributed by atoms with Crippen LogP contribution in [-0.2, 0) is 7.05 Å². The van der Waals surface area contributed by atoms with Gasteiger partial charge >= 0.3 is 0 Å². The number of imidazole rings is 1. The third-order valence-electron chi connectivity index (χ3n) is 2.99. The molecule has 0 spiro atoms. The molecule has 3 aromatic rings. The van der Waals surface area contributed by atoms with Gasteiger partial charge < -0.3 is 5.73 Å². The van der Waals surface area contributed by atoms with Crippen LogP contribution in [-0.4, -0.2) is 19.3 Å². The molecule has 0 fully saturated rings. The van der Waals surface area contributed by atoms with E-state index in [0.29, 0.717) is 10.4 Å². The molecule has 0 radical (unpaired) electrons. The van der Waals surface area contributed by atoms with Crippen molar-refractivity contribution in [3.05, 3.63) is 34.2 Å². The molecule has 0 amide bonds. The molecule has 0 aliphatic heterocycles. The van der Waals surface area contributed by atoms with E-state index in [2.05, 4.69) is 26.0 Å². The van der Waals surface area contributed by atoms with E-state index in [-0.39, 0.29) is 5.82 Å². The number of fused-ring (bicyclic) bond motifs is 1. The Hall–Kier alpha value is -1.89. The second kappa shape index (κ2) is 4.06. The first-order valence-corrected chi connectivity index (χ1v) is 6.41. The molecule has 0 aliphatic rings. The standard InChI is InChI=1S/C12H11BrFN5/c1-6-10-11(18(2)17-6)19(12(15)16-10)7-3-4-9(14)8(13)5-7/h3-5H,1-2H3,(H2,15,16). The average Bonchev–Trinajstić information content (AvgIpc) is 2.82. The largest absolute Gasteiger partial charge is 0.369 e. The number of halogens is 2. The summed E-state index contributed by atoms with van der Waals surface area (Å²) in [6.45, 7) is 1.87. The minimum Gasteiger partial charge on any atom is -0.369 e. The number of nitrogens with zero attached hydrogens (tertiary/aromatic N) is 4. The molecule has 0 aliphatic carbocycles. The van der Waals surface area contributed by atoms with Crippen molar-refractivity contribution in [3.63, 3.8) is 0 Å². The Morgan fingerprint density at radius 1 is 1.37 bits per heavy atom. The Kier molecular flexibility index (Phi) is 2.60. The molecule has 2 N–H and O–H groups in total. The quantitative estimate of drug-likeness (QED) is 0.748. The summed E-state index contributed by atoms with van der Waals surface area (Å²) in [5.74, 6) is 0.0319. The summed E-state index contributed by atoms with van der Waals surface area (Å²) >= 11 is 3.17. The topological polar surface area (TPSA) is 61.7 Å². The van der Waals surface area contributed by atoms with Crippen LogP contribution in [0.25, 0.3) is 16.9 Å². The molecule has 98 valence electrons. The van der Waals surface area contributed by atoms with Crippen molar-refractivity contribution in [2.45, 2.75) is 6.92 Å². The fourth-order valence-electron chi connectivity index (χ4n) is 2.17. The number of hydrogen-bond acceptors (Lipinski definition) is 3. The highest BCUT2D eigenvalue weighted by Gasteiger charge is 2.17. The Labute approximate surface area is 117 Å². The van der Waals surface area contributed by atoms with E-state index in [1.807, 2.05) is 14.0 Å². The van der Waals surface area contributed by atoms with Crippen molar-refractivity contribution in [2.75, 3.05) is 5.73 Å². The highest BCUT2D eigenvalue weighted by Crippen LogP contribution is 2.27. The molecule has 0 unspecified atom stereocenters. The van der Waals surface area contributed by atoms with Gasteiger partial charge in [0.25, 0.3) is 0 Å². The smallest absolute Gasteiger partial charge is 0.207 e. The molecule has 1 aromatic carbocycles. The van der Waals surface area contributed by atoms with Crippen molar-refractivity contribution in [1.29, 1.82) is 0 Å². The van der Waals surface area contributed by atoms with Gasteiger partial charge in [-0.15, -0.1) is 0 Å². The molecule has 3 rings (SSSR count). The average molecular weight is 324 g/mol. The van der Waals surface area contributed by atoms with Gasteiger partial charge in [0.1, 0.15) is 11.3 Å². The number of benzene rings is 1. The first kappa shape index (κ1) is 12.2. The number of aromatic nitrogens is 4. The van der Waals surface area contributed by atoms with Gasteiger partial charge in [-0.3, -0.25) is 4.57 Å². The van der Waals surface area contributed by atoms with E-state index in [1.165, 1.54) is 6.07 Å². The van der Waals surface area contributed by atoms with E-state index in [1.54, 1.807) is 21.4 Å².